The van der Waals surface area contributed by atoms with Gasteiger partial charge in [0, 0.05) is 36.9 Å². The monoisotopic (exact) mass is 805 g/mol. The van der Waals surface area contributed by atoms with Gasteiger partial charge in [0.2, 0.25) is 0 Å². The van der Waals surface area contributed by atoms with E-state index in [4.69, 9.17) is 15.0 Å². The summed E-state index contributed by atoms with van der Waals surface area (Å²) in [7, 11) is 0. The number of fused-ring (bicyclic) bond motifs is 13. The van der Waals surface area contributed by atoms with Gasteiger partial charge in [-0.25, -0.2) is 15.0 Å². The van der Waals surface area contributed by atoms with E-state index < -0.39 is 5.41 Å². The Morgan fingerprint density at radius 2 is 0.758 bits per heavy atom. The summed E-state index contributed by atoms with van der Waals surface area (Å²) in [5, 5.41) is 2.39. The summed E-state index contributed by atoms with van der Waals surface area (Å²) < 4.78 is 2.46. The lowest BCUT2D eigenvalue weighted by Gasteiger charge is -2.32. The Kier molecular flexibility index (Phi) is 7.69. The summed E-state index contributed by atoms with van der Waals surface area (Å²) in [6.07, 6.45) is 0. The fourth-order valence-corrected chi connectivity index (χ4v) is 11.6. The molecule has 0 unspecified atom stereocenters. The summed E-state index contributed by atoms with van der Waals surface area (Å²) in [6.45, 7) is 0. The Morgan fingerprint density at radius 1 is 0.306 bits per heavy atom. The van der Waals surface area contributed by atoms with Gasteiger partial charge >= 0.3 is 0 Å². The van der Waals surface area contributed by atoms with Gasteiger partial charge in [0.15, 0.2) is 17.5 Å². The number of thiophene rings is 1. The molecule has 0 amide bonds. The number of hydrogen-bond donors (Lipinski definition) is 0. The zero-order valence-corrected chi connectivity index (χ0v) is 34.3. The Balaban J connectivity index is 1.01. The summed E-state index contributed by atoms with van der Waals surface area (Å²) in [5.74, 6) is 1.95. The van der Waals surface area contributed by atoms with Crippen molar-refractivity contribution in [2.24, 2.45) is 0 Å². The van der Waals surface area contributed by atoms with Crippen LogP contribution in [0.25, 0.3) is 98.8 Å². The van der Waals surface area contributed by atoms with Crippen LogP contribution in [0.1, 0.15) is 22.3 Å². The minimum absolute atomic E-state index is 0.449. The van der Waals surface area contributed by atoms with Crippen LogP contribution in [0.2, 0.25) is 0 Å². The predicted octanol–water partition coefficient (Wildman–Crippen LogP) is 14.9. The summed E-state index contributed by atoms with van der Waals surface area (Å²) in [5.41, 5.74) is 17.6. The number of aromatic nitrogens is 3. The van der Waals surface area contributed by atoms with Crippen LogP contribution in [0.4, 0.5) is 0 Å². The molecule has 11 aromatic rings. The van der Waals surface area contributed by atoms with E-state index in [0.29, 0.717) is 17.5 Å². The van der Waals surface area contributed by atoms with E-state index in [0.717, 1.165) is 27.8 Å². The SMILES string of the molecule is c1ccc(-c2nc(-c3ccccc3-c3cccc(-c4cccc5c4C4(c6ccccc6-c6ccccc64)c4ccccc4-5)c3)nc(-c3cccc4sc5ccccc5c34)n2)cc1. The molecule has 288 valence electrons. The first-order valence-electron chi connectivity index (χ1n) is 21.1. The average molecular weight is 806 g/mol. The highest BCUT2D eigenvalue weighted by Gasteiger charge is 2.52. The van der Waals surface area contributed by atoms with Crippen molar-refractivity contribution in [2.75, 3.05) is 0 Å². The lowest BCUT2D eigenvalue weighted by atomic mass is 9.68. The first kappa shape index (κ1) is 35.0. The van der Waals surface area contributed by atoms with Gasteiger partial charge in [0.25, 0.3) is 0 Å². The molecule has 1 spiro atoms. The Hall–Kier alpha value is -7.79. The van der Waals surface area contributed by atoms with Gasteiger partial charge in [-0.05, 0) is 85.0 Å². The topological polar surface area (TPSA) is 38.7 Å². The van der Waals surface area contributed by atoms with Crippen LogP contribution < -0.4 is 0 Å². The molecule has 0 aliphatic heterocycles. The predicted molar refractivity (Wildman–Crippen MR) is 256 cm³/mol. The van der Waals surface area contributed by atoms with Crippen molar-refractivity contribution in [3.8, 4) is 78.7 Å². The van der Waals surface area contributed by atoms with Crippen molar-refractivity contribution >= 4 is 31.5 Å². The zero-order valence-electron chi connectivity index (χ0n) is 33.5. The molecule has 0 bridgehead atoms. The summed E-state index contributed by atoms with van der Waals surface area (Å²) >= 11 is 1.80. The molecule has 0 radical (unpaired) electrons. The van der Waals surface area contributed by atoms with Gasteiger partial charge in [0.1, 0.15) is 0 Å². The minimum Gasteiger partial charge on any atom is -0.208 e. The van der Waals surface area contributed by atoms with E-state index in [-0.39, 0.29) is 0 Å². The zero-order chi connectivity index (χ0) is 40.8. The number of nitrogens with zero attached hydrogens (tertiary/aromatic N) is 3. The Bertz CT molecular complexity index is 3540. The maximum absolute atomic E-state index is 5.35. The molecule has 4 heteroatoms. The Morgan fingerprint density at radius 3 is 1.48 bits per heavy atom. The van der Waals surface area contributed by atoms with Gasteiger partial charge in [0.05, 0.1) is 5.41 Å². The van der Waals surface area contributed by atoms with E-state index >= 15 is 0 Å². The molecule has 3 nitrogen and oxygen atoms in total. The van der Waals surface area contributed by atoms with Crippen LogP contribution in [0.15, 0.2) is 212 Å². The molecular formula is C58H35N3S. The molecule has 0 atom stereocenters. The third kappa shape index (κ3) is 5.02. The van der Waals surface area contributed by atoms with E-state index in [1.807, 2.05) is 18.2 Å². The number of benzene rings is 9. The molecule has 9 aromatic carbocycles. The maximum atomic E-state index is 5.35. The molecule has 0 saturated heterocycles. The van der Waals surface area contributed by atoms with Crippen LogP contribution in [-0.2, 0) is 5.41 Å². The number of rotatable bonds is 5. The molecule has 0 fully saturated rings. The molecule has 2 aromatic heterocycles. The third-order valence-corrected chi connectivity index (χ3v) is 14.1. The van der Waals surface area contributed by atoms with Crippen molar-refractivity contribution in [1.29, 1.82) is 0 Å². The lowest BCUT2D eigenvalue weighted by Crippen LogP contribution is -2.26. The normalized spacial score (nSPS) is 13.0. The molecule has 2 aliphatic rings. The fourth-order valence-electron chi connectivity index (χ4n) is 10.5. The molecule has 0 saturated carbocycles. The van der Waals surface area contributed by atoms with Crippen LogP contribution in [0, 0.1) is 0 Å². The second-order valence-corrected chi connectivity index (χ2v) is 17.3. The lowest BCUT2D eigenvalue weighted by molar-refractivity contribution is 0.796. The van der Waals surface area contributed by atoms with E-state index in [9.17, 15) is 0 Å². The number of hydrogen-bond acceptors (Lipinski definition) is 4. The largest absolute Gasteiger partial charge is 0.208 e. The standard InChI is InChI=1S/C58H35N3S/c1-2-17-36(18-3-1)55-59-56(61-57(60-55)47-29-16-34-52-53(47)46-26-9-13-33-51(46)62-52)45-25-5-4-21-39(45)37-19-14-20-38(35-37)40-27-15-28-44-43-24-8-12-32-50(43)58(54(40)44)48-30-10-6-22-41(48)42-23-7-11-31-49(42)58/h1-35H. The van der Waals surface area contributed by atoms with Crippen molar-refractivity contribution in [1.82, 2.24) is 15.0 Å². The first-order chi connectivity index (χ1) is 30.8. The van der Waals surface area contributed by atoms with Crippen molar-refractivity contribution < 1.29 is 0 Å². The van der Waals surface area contributed by atoms with Gasteiger partial charge in [-0.3, -0.25) is 0 Å². The quantitative estimate of drug-likeness (QED) is 0.174. The maximum Gasteiger partial charge on any atom is 0.164 e. The highest BCUT2D eigenvalue weighted by molar-refractivity contribution is 7.25. The van der Waals surface area contributed by atoms with Gasteiger partial charge in [-0.2, -0.15) is 0 Å². The van der Waals surface area contributed by atoms with Crippen molar-refractivity contribution in [2.45, 2.75) is 5.41 Å². The highest BCUT2D eigenvalue weighted by atomic mass is 32.1. The fraction of sp³-hybridized carbons (Fsp3) is 0.0172. The molecule has 62 heavy (non-hydrogen) atoms. The summed E-state index contributed by atoms with van der Waals surface area (Å²) in [4.78, 5) is 15.8. The second kappa shape index (κ2) is 13.6. The van der Waals surface area contributed by atoms with E-state index in [1.165, 1.54) is 75.8 Å². The van der Waals surface area contributed by atoms with E-state index in [2.05, 4.69) is 194 Å². The Labute approximate surface area is 363 Å². The van der Waals surface area contributed by atoms with Crippen LogP contribution in [-0.4, -0.2) is 15.0 Å². The van der Waals surface area contributed by atoms with Gasteiger partial charge in [-0.15, -0.1) is 11.3 Å². The second-order valence-electron chi connectivity index (χ2n) is 16.2. The summed E-state index contributed by atoms with van der Waals surface area (Å²) in [6, 6.07) is 76.8. The van der Waals surface area contributed by atoms with Crippen molar-refractivity contribution in [3.63, 3.8) is 0 Å². The smallest absolute Gasteiger partial charge is 0.164 e. The van der Waals surface area contributed by atoms with Crippen molar-refractivity contribution in [3.05, 3.63) is 235 Å². The van der Waals surface area contributed by atoms with Crippen LogP contribution in [0.5, 0.6) is 0 Å². The average Bonchev–Trinajstić information content (AvgIpc) is 3.99. The minimum atomic E-state index is -0.449. The molecule has 13 rings (SSSR count). The third-order valence-electron chi connectivity index (χ3n) is 13.0. The molecule has 2 aliphatic carbocycles. The van der Waals surface area contributed by atoms with Gasteiger partial charge < -0.3 is 0 Å². The van der Waals surface area contributed by atoms with Crippen LogP contribution in [0.3, 0.4) is 0 Å². The molecular weight excluding hydrogens is 771 g/mol. The molecule has 2 heterocycles. The van der Waals surface area contributed by atoms with Crippen LogP contribution >= 0.6 is 11.3 Å². The van der Waals surface area contributed by atoms with E-state index in [1.54, 1.807) is 11.3 Å². The highest BCUT2D eigenvalue weighted by Crippen LogP contribution is 2.64. The first-order valence-corrected chi connectivity index (χ1v) is 21.9. The molecule has 0 N–H and O–H groups in total. The van der Waals surface area contributed by atoms with Gasteiger partial charge in [-0.1, -0.05) is 194 Å².